The Labute approximate surface area is 345 Å². The molecule has 4 rings (SSSR count). The molecule has 8 N–H and O–H groups in total. The van der Waals surface area contributed by atoms with Crippen molar-refractivity contribution in [2.75, 3.05) is 13.6 Å². The molecule has 2 aromatic carbocycles. The van der Waals surface area contributed by atoms with E-state index in [-0.39, 0.29) is 50.5 Å². The number of hydrogen-bond donors (Lipinski definition) is 8. The maximum absolute atomic E-state index is 14.4. The number of aromatic amines is 1. The number of amides is 7. The Balaban J connectivity index is 1.70. The number of carbonyl (C=O) groups is 7. The number of hydrogen-bond acceptors (Lipinski definition) is 7. The minimum Gasteiger partial charge on any atom is -0.480 e. The van der Waals surface area contributed by atoms with Crippen LogP contribution in [0, 0.1) is 11.8 Å². The van der Waals surface area contributed by atoms with Crippen LogP contribution in [0.25, 0.3) is 10.9 Å². The van der Waals surface area contributed by atoms with E-state index in [1.54, 1.807) is 13.1 Å². The van der Waals surface area contributed by atoms with Gasteiger partial charge in [-0.2, -0.15) is 0 Å². The van der Waals surface area contributed by atoms with Crippen LogP contribution in [0.2, 0.25) is 0 Å². The molecular weight excluding hydrogens is 757 g/mol. The summed E-state index contributed by atoms with van der Waals surface area (Å²) in [6.45, 7) is 9.12. The van der Waals surface area contributed by atoms with E-state index in [0.29, 0.717) is 12.8 Å². The van der Waals surface area contributed by atoms with Crippen molar-refractivity contribution >= 4 is 52.4 Å². The highest BCUT2D eigenvalue weighted by molar-refractivity contribution is 5.97. The highest BCUT2D eigenvalue weighted by Gasteiger charge is 2.35. The first-order valence-electron chi connectivity index (χ1n) is 20.4. The minimum atomic E-state index is -1.22. The molecule has 1 aromatic heterocycles. The molecule has 1 fully saturated rings. The van der Waals surface area contributed by atoms with E-state index in [1.165, 1.54) is 11.9 Å². The monoisotopic (exact) mass is 816 g/mol. The van der Waals surface area contributed by atoms with E-state index < -0.39 is 77.8 Å². The topological polar surface area (TPSA) is 231 Å². The van der Waals surface area contributed by atoms with Crippen LogP contribution < -0.4 is 31.9 Å². The third-order valence-corrected chi connectivity index (χ3v) is 10.4. The Morgan fingerprint density at radius 1 is 0.797 bits per heavy atom. The van der Waals surface area contributed by atoms with Gasteiger partial charge in [0.25, 0.3) is 0 Å². The molecule has 7 amide bonds. The van der Waals surface area contributed by atoms with E-state index in [9.17, 15) is 38.7 Å². The molecule has 16 heteroatoms. The SMILES string of the molecule is CC(C)C[C@H](NC(=O)N[C@@H]1CCCCNC(=O)[C@@H](Cc2ccccc2)NC(=O)[C@@H](C)N(C)C(=O)[C@@H](Cc2c[nH]c3ccccc23)NC(=O)[C@@H](CC(C)C)NC1=O)C(=O)O. The summed E-state index contributed by atoms with van der Waals surface area (Å²) in [6, 6.07) is 9.06. The van der Waals surface area contributed by atoms with Crippen LogP contribution in [-0.2, 0) is 41.6 Å². The van der Waals surface area contributed by atoms with Gasteiger partial charge in [-0.25, -0.2) is 9.59 Å². The second kappa shape index (κ2) is 21.7. The van der Waals surface area contributed by atoms with Crippen molar-refractivity contribution in [3.63, 3.8) is 0 Å². The van der Waals surface area contributed by atoms with Crippen LogP contribution in [0.1, 0.15) is 77.8 Å². The van der Waals surface area contributed by atoms with Gasteiger partial charge in [-0.05, 0) is 68.1 Å². The van der Waals surface area contributed by atoms with E-state index in [2.05, 4.69) is 36.9 Å². The van der Waals surface area contributed by atoms with Gasteiger partial charge in [-0.3, -0.25) is 24.0 Å². The molecule has 16 nitrogen and oxygen atoms in total. The first-order chi connectivity index (χ1) is 28.0. The summed E-state index contributed by atoms with van der Waals surface area (Å²) in [5, 5.41) is 27.0. The Hall–Kier alpha value is -5.93. The van der Waals surface area contributed by atoms with Crippen LogP contribution in [0.3, 0.4) is 0 Å². The normalized spacial score (nSPS) is 22.3. The highest BCUT2D eigenvalue weighted by Crippen LogP contribution is 2.21. The van der Waals surface area contributed by atoms with Gasteiger partial charge < -0.3 is 46.9 Å². The number of aromatic nitrogens is 1. The predicted molar refractivity (Wildman–Crippen MR) is 223 cm³/mol. The maximum atomic E-state index is 14.4. The fourth-order valence-electron chi connectivity index (χ4n) is 7.06. The summed E-state index contributed by atoms with van der Waals surface area (Å²) in [5.41, 5.74) is 2.37. The average Bonchev–Trinajstić information content (AvgIpc) is 3.60. The van der Waals surface area contributed by atoms with Gasteiger partial charge >= 0.3 is 12.0 Å². The number of carboxylic acids is 1. The fourth-order valence-corrected chi connectivity index (χ4v) is 7.06. The standard InChI is InChI=1S/C43H60N8O8/c1-25(2)20-33-40(55)48-35(23-29-24-45-31-17-11-10-16-30(29)31)41(56)51(6)27(5)37(52)46-34(22-28-14-8-7-9-15-28)38(53)44-19-13-12-18-32(39(54)47-33)49-43(59)50-36(42(57)58)21-26(3)4/h7-11,14-17,24-27,32-36,45H,12-13,18-23H2,1-6H3,(H,44,53)(H,46,52)(H,47,54)(H,48,55)(H,57,58)(H2,49,50,59)/t27-,32-,33-,34-,35-,36+/m1/s1. The quantitative estimate of drug-likeness (QED) is 0.143. The van der Waals surface area contributed by atoms with Crippen LogP contribution in [0.4, 0.5) is 4.79 Å². The molecule has 0 unspecified atom stereocenters. The molecule has 6 atom stereocenters. The minimum absolute atomic E-state index is 0.0408. The number of para-hydroxylation sites is 1. The Bertz CT molecular complexity index is 1930. The lowest BCUT2D eigenvalue weighted by Gasteiger charge is -2.31. The number of urea groups is 1. The largest absolute Gasteiger partial charge is 0.480 e. The zero-order valence-electron chi connectivity index (χ0n) is 34.8. The molecule has 0 bridgehead atoms. The van der Waals surface area contributed by atoms with Gasteiger partial charge in [0, 0.05) is 43.5 Å². The maximum Gasteiger partial charge on any atom is 0.326 e. The van der Waals surface area contributed by atoms with Crippen LogP contribution in [0.15, 0.2) is 60.8 Å². The highest BCUT2D eigenvalue weighted by atomic mass is 16.4. The van der Waals surface area contributed by atoms with Crippen molar-refractivity contribution < 1.29 is 38.7 Å². The number of aliphatic carboxylic acids is 1. The van der Waals surface area contributed by atoms with Crippen molar-refractivity contribution in [1.82, 2.24) is 41.8 Å². The molecule has 0 spiro atoms. The Morgan fingerprint density at radius 3 is 2.14 bits per heavy atom. The third kappa shape index (κ3) is 13.6. The lowest BCUT2D eigenvalue weighted by atomic mass is 9.99. The number of likely N-dealkylation sites (N-methyl/N-ethyl adjacent to an activating group) is 1. The number of fused-ring (bicyclic) bond motifs is 1. The lowest BCUT2D eigenvalue weighted by molar-refractivity contribution is -0.142. The lowest BCUT2D eigenvalue weighted by Crippen LogP contribution is -2.60. The van der Waals surface area contributed by atoms with E-state index in [1.807, 2.05) is 82.3 Å². The number of nitrogens with one attached hydrogen (secondary N) is 7. The van der Waals surface area contributed by atoms with E-state index >= 15 is 0 Å². The van der Waals surface area contributed by atoms with Gasteiger partial charge in [0.2, 0.25) is 29.5 Å². The average molecular weight is 817 g/mol. The Kier molecular flexibility index (Phi) is 16.9. The molecule has 1 aliphatic heterocycles. The van der Waals surface area contributed by atoms with Crippen molar-refractivity contribution in [3.05, 3.63) is 71.9 Å². The first kappa shape index (κ1) is 45.8. The number of carbonyl (C=O) groups excluding carboxylic acids is 6. The van der Waals surface area contributed by atoms with Crippen molar-refractivity contribution in [2.24, 2.45) is 11.8 Å². The van der Waals surface area contributed by atoms with Crippen molar-refractivity contribution in [2.45, 2.75) is 116 Å². The molecule has 59 heavy (non-hydrogen) atoms. The summed E-state index contributed by atoms with van der Waals surface area (Å²) in [4.78, 5) is 99.6. The second-order valence-electron chi connectivity index (χ2n) is 16.2. The molecule has 1 aliphatic rings. The zero-order valence-corrected chi connectivity index (χ0v) is 34.8. The van der Waals surface area contributed by atoms with Crippen molar-refractivity contribution in [3.8, 4) is 0 Å². The summed E-state index contributed by atoms with van der Waals surface area (Å²) >= 11 is 0. The summed E-state index contributed by atoms with van der Waals surface area (Å²) in [5.74, 6) is -4.26. The van der Waals surface area contributed by atoms with Gasteiger partial charge in [0.15, 0.2) is 0 Å². The molecule has 0 saturated carbocycles. The first-order valence-corrected chi connectivity index (χ1v) is 20.4. The van der Waals surface area contributed by atoms with E-state index in [4.69, 9.17) is 0 Å². The van der Waals surface area contributed by atoms with Gasteiger partial charge in [-0.15, -0.1) is 0 Å². The van der Waals surface area contributed by atoms with Gasteiger partial charge in [0.05, 0.1) is 0 Å². The summed E-state index contributed by atoms with van der Waals surface area (Å²) in [7, 11) is 1.46. The van der Waals surface area contributed by atoms with Crippen LogP contribution in [0.5, 0.6) is 0 Å². The van der Waals surface area contributed by atoms with Crippen molar-refractivity contribution in [1.29, 1.82) is 0 Å². The van der Waals surface area contributed by atoms with Gasteiger partial charge in [-0.1, -0.05) is 76.2 Å². The summed E-state index contributed by atoms with van der Waals surface area (Å²) < 4.78 is 0. The molecular formula is C43H60N8O8. The number of H-pyrrole nitrogens is 1. The second-order valence-corrected chi connectivity index (χ2v) is 16.2. The van der Waals surface area contributed by atoms with Crippen LogP contribution >= 0.6 is 0 Å². The summed E-state index contributed by atoms with van der Waals surface area (Å²) in [6.07, 6.45) is 3.13. The number of benzene rings is 2. The molecule has 2 heterocycles. The number of rotatable bonds is 11. The predicted octanol–water partition coefficient (Wildman–Crippen LogP) is 2.77. The molecule has 1 saturated heterocycles. The van der Waals surface area contributed by atoms with Crippen LogP contribution in [-0.4, -0.2) is 106 Å². The molecule has 320 valence electrons. The number of nitrogens with zero attached hydrogens (tertiary/aromatic N) is 1. The molecule has 0 radical (unpaired) electrons. The third-order valence-electron chi connectivity index (χ3n) is 10.4. The molecule has 3 aromatic rings. The van der Waals surface area contributed by atoms with Gasteiger partial charge in [0.1, 0.15) is 36.3 Å². The fraction of sp³-hybridized carbons (Fsp3) is 0.512. The smallest absolute Gasteiger partial charge is 0.326 e. The van der Waals surface area contributed by atoms with E-state index in [0.717, 1.165) is 22.0 Å². The molecule has 0 aliphatic carbocycles. The zero-order chi connectivity index (χ0) is 43.2. The Morgan fingerprint density at radius 2 is 1.46 bits per heavy atom. The number of carboxylic acid groups (broad SMARTS) is 1.